The maximum absolute atomic E-state index is 5.62. The lowest BCUT2D eigenvalue weighted by atomic mass is 10.3. The van der Waals surface area contributed by atoms with Crippen molar-refractivity contribution in [2.45, 2.75) is 18.6 Å². The van der Waals surface area contributed by atoms with Crippen LogP contribution in [-0.2, 0) is 17.7 Å². The Labute approximate surface area is 83.9 Å². The van der Waals surface area contributed by atoms with Crippen molar-refractivity contribution < 1.29 is 17.7 Å². The first-order valence-electron chi connectivity index (χ1n) is 4.81. The van der Waals surface area contributed by atoms with Crippen LogP contribution in [0.15, 0.2) is 0 Å². The molecule has 14 heavy (non-hydrogen) atoms. The van der Waals surface area contributed by atoms with E-state index in [4.69, 9.17) is 29.2 Å². The quantitative estimate of drug-likeness (QED) is 0.566. The first-order chi connectivity index (χ1) is 6.78. The third-order valence-corrected chi connectivity index (χ3v) is 4.55. The standard InChI is InChI=1S/C7H16N2O4Si/c8-2-1-6-4-10-14(12-6)11-5-7(3-9)13-14/h6-7H,1-5,8-9H2. The molecular weight excluding hydrogens is 204 g/mol. The van der Waals surface area contributed by atoms with Gasteiger partial charge < -0.3 is 29.2 Å². The molecule has 0 amide bonds. The Morgan fingerprint density at radius 2 is 1.71 bits per heavy atom. The lowest BCUT2D eigenvalue weighted by Crippen LogP contribution is -2.41. The second-order valence-electron chi connectivity index (χ2n) is 3.41. The summed E-state index contributed by atoms with van der Waals surface area (Å²) in [5, 5.41) is 0. The Hall–Kier alpha value is -0.0231. The SMILES string of the molecule is NCCC1CO[Si]2(OCC(CN)O2)O1. The lowest BCUT2D eigenvalue weighted by molar-refractivity contribution is 0.0776. The van der Waals surface area contributed by atoms with Crippen molar-refractivity contribution in [3.8, 4) is 0 Å². The van der Waals surface area contributed by atoms with E-state index in [1.807, 2.05) is 0 Å². The molecule has 0 aromatic rings. The third kappa shape index (κ3) is 1.98. The van der Waals surface area contributed by atoms with Crippen LogP contribution in [0.3, 0.4) is 0 Å². The predicted octanol–water partition coefficient (Wildman–Crippen LogP) is -1.44. The summed E-state index contributed by atoms with van der Waals surface area (Å²) in [5.41, 5.74) is 10.9. The number of hydrogen-bond acceptors (Lipinski definition) is 6. The van der Waals surface area contributed by atoms with Crippen LogP contribution in [-0.4, -0.2) is 47.6 Å². The highest BCUT2D eigenvalue weighted by Gasteiger charge is 2.58. The predicted molar refractivity (Wildman–Crippen MR) is 50.1 cm³/mol. The van der Waals surface area contributed by atoms with E-state index >= 15 is 0 Å². The van der Waals surface area contributed by atoms with Gasteiger partial charge in [-0.2, -0.15) is 0 Å². The summed E-state index contributed by atoms with van der Waals surface area (Å²) in [4.78, 5) is 0. The molecule has 2 saturated heterocycles. The summed E-state index contributed by atoms with van der Waals surface area (Å²) in [6.45, 7) is 2.00. The van der Waals surface area contributed by atoms with Crippen molar-refractivity contribution in [3.63, 3.8) is 0 Å². The highest BCUT2D eigenvalue weighted by atomic mass is 28.4. The van der Waals surface area contributed by atoms with E-state index in [0.717, 1.165) is 6.42 Å². The first kappa shape index (κ1) is 10.5. The molecule has 1 spiro atoms. The second kappa shape index (κ2) is 4.23. The summed E-state index contributed by atoms with van der Waals surface area (Å²) in [6.07, 6.45) is 0.705. The van der Waals surface area contributed by atoms with Crippen LogP contribution in [0.1, 0.15) is 6.42 Å². The zero-order valence-electron chi connectivity index (χ0n) is 7.98. The molecule has 0 aromatic heterocycles. The minimum Gasteiger partial charge on any atom is -0.348 e. The van der Waals surface area contributed by atoms with Gasteiger partial charge in [-0.05, 0) is 13.0 Å². The molecular formula is C7H16N2O4Si. The van der Waals surface area contributed by atoms with Crippen molar-refractivity contribution in [1.29, 1.82) is 0 Å². The molecule has 2 aliphatic rings. The Bertz CT molecular complexity index is 208. The minimum atomic E-state index is -2.79. The summed E-state index contributed by atoms with van der Waals surface area (Å²) in [6, 6.07) is 0. The van der Waals surface area contributed by atoms with E-state index < -0.39 is 9.05 Å². The van der Waals surface area contributed by atoms with Crippen molar-refractivity contribution in [2.75, 3.05) is 26.3 Å². The molecule has 7 heteroatoms. The molecule has 82 valence electrons. The van der Waals surface area contributed by atoms with Crippen molar-refractivity contribution in [1.82, 2.24) is 0 Å². The third-order valence-electron chi connectivity index (χ3n) is 2.27. The summed E-state index contributed by atoms with van der Waals surface area (Å²) in [7, 11) is -2.79. The van der Waals surface area contributed by atoms with Gasteiger partial charge in [-0.15, -0.1) is 0 Å². The smallest absolute Gasteiger partial charge is 0.348 e. The van der Waals surface area contributed by atoms with Gasteiger partial charge >= 0.3 is 9.05 Å². The van der Waals surface area contributed by atoms with Gasteiger partial charge in [-0.1, -0.05) is 0 Å². The van der Waals surface area contributed by atoms with Gasteiger partial charge in [-0.25, -0.2) is 0 Å². The Kier molecular flexibility index (Phi) is 3.17. The first-order valence-corrected chi connectivity index (χ1v) is 6.45. The molecule has 4 N–H and O–H groups in total. The Balaban J connectivity index is 1.87. The largest absolute Gasteiger partial charge is 0.680 e. The van der Waals surface area contributed by atoms with Crippen LogP contribution in [0, 0.1) is 0 Å². The van der Waals surface area contributed by atoms with Crippen molar-refractivity contribution >= 4 is 9.05 Å². The van der Waals surface area contributed by atoms with Crippen molar-refractivity contribution in [3.05, 3.63) is 0 Å². The summed E-state index contributed by atoms with van der Waals surface area (Å²) < 4.78 is 22.1. The molecule has 0 aliphatic carbocycles. The Morgan fingerprint density at radius 3 is 2.29 bits per heavy atom. The van der Waals surface area contributed by atoms with Crippen LogP contribution in [0.2, 0.25) is 0 Å². The van der Waals surface area contributed by atoms with Crippen LogP contribution in [0.5, 0.6) is 0 Å². The van der Waals surface area contributed by atoms with Gasteiger partial charge in [0.1, 0.15) is 0 Å². The molecule has 0 bridgehead atoms. The average Bonchev–Trinajstić information content (AvgIpc) is 2.76. The van der Waals surface area contributed by atoms with Crippen LogP contribution >= 0.6 is 0 Å². The van der Waals surface area contributed by atoms with Gasteiger partial charge in [0, 0.05) is 6.54 Å². The fraction of sp³-hybridized carbons (Fsp3) is 1.00. The molecule has 2 heterocycles. The second-order valence-corrected chi connectivity index (χ2v) is 5.46. The molecule has 2 fully saturated rings. The zero-order valence-corrected chi connectivity index (χ0v) is 8.98. The Morgan fingerprint density at radius 1 is 1.07 bits per heavy atom. The van der Waals surface area contributed by atoms with Gasteiger partial charge in [0.2, 0.25) is 0 Å². The van der Waals surface area contributed by atoms with Crippen LogP contribution in [0.25, 0.3) is 0 Å². The molecule has 2 aliphatic heterocycles. The topological polar surface area (TPSA) is 89.0 Å². The minimum absolute atomic E-state index is 0.0168. The summed E-state index contributed by atoms with van der Waals surface area (Å²) in [5.74, 6) is 0. The van der Waals surface area contributed by atoms with E-state index in [0.29, 0.717) is 26.3 Å². The molecule has 0 saturated carbocycles. The van der Waals surface area contributed by atoms with Gasteiger partial charge in [0.25, 0.3) is 0 Å². The number of nitrogens with two attached hydrogens (primary N) is 2. The van der Waals surface area contributed by atoms with Gasteiger partial charge in [-0.3, -0.25) is 0 Å². The zero-order chi connectivity index (χ0) is 10.0. The van der Waals surface area contributed by atoms with E-state index in [2.05, 4.69) is 0 Å². The fourth-order valence-electron chi connectivity index (χ4n) is 1.52. The lowest BCUT2D eigenvalue weighted by Gasteiger charge is -2.14. The molecule has 2 rings (SSSR count). The van der Waals surface area contributed by atoms with E-state index in [1.165, 1.54) is 0 Å². The van der Waals surface area contributed by atoms with E-state index in [9.17, 15) is 0 Å². The molecule has 6 nitrogen and oxygen atoms in total. The van der Waals surface area contributed by atoms with E-state index in [1.54, 1.807) is 0 Å². The molecule has 0 aromatic carbocycles. The number of hydrogen-bond donors (Lipinski definition) is 2. The van der Waals surface area contributed by atoms with Gasteiger partial charge in [0.05, 0.1) is 25.4 Å². The molecule has 3 unspecified atom stereocenters. The summed E-state index contributed by atoms with van der Waals surface area (Å²) >= 11 is 0. The maximum atomic E-state index is 5.62. The molecule has 0 radical (unpaired) electrons. The van der Waals surface area contributed by atoms with Crippen LogP contribution in [0.4, 0.5) is 0 Å². The maximum Gasteiger partial charge on any atom is 0.680 e. The average molecular weight is 220 g/mol. The van der Waals surface area contributed by atoms with Crippen LogP contribution < -0.4 is 11.5 Å². The number of rotatable bonds is 3. The van der Waals surface area contributed by atoms with Crippen molar-refractivity contribution in [2.24, 2.45) is 11.5 Å². The highest BCUT2D eigenvalue weighted by molar-refractivity contribution is 6.54. The fourth-order valence-corrected chi connectivity index (χ4v) is 3.87. The van der Waals surface area contributed by atoms with E-state index in [-0.39, 0.29) is 12.2 Å². The highest BCUT2D eigenvalue weighted by Crippen LogP contribution is 2.28. The normalized spacial score (nSPS) is 42.4. The van der Waals surface area contributed by atoms with Gasteiger partial charge in [0.15, 0.2) is 0 Å². The molecule has 3 atom stereocenters. The monoisotopic (exact) mass is 220 g/mol.